The number of hydrogen-bond acceptors (Lipinski definition) is 6. The predicted molar refractivity (Wildman–Crippen MR) is 131 cm³/mol. The molecule has 206 valence electrons. The van der Waals surface area contributed by atoms with Gasteiger partial charge in [0.25, 0.3) is 0 Å². The topological polar surface area (TPSA) is 108 Å². The summed E-state index contributed by atoms with van der Waals surface area (Å²) < 4.78 is 64.9. The first-order valence-electron chi connectivity index (χ1n) is 12.6. The van der Waals surface area contributed by atoms with Gasteiger partial charge < -0.3 is 25.4 Å². The highest BCUT2D eigenvalue weighted by Gasteiger charge is 2.49. The molecule has 1 saturated heterocycles. The molecule has 3 N–H and O–H groups in total. The van der Waals surface area contributed by atoms with Crippen molar-refractivity contribution in [3.05, 3.63) is 59.7 Å². The number of nitrogen functional groups attached to an aromatic ring is 1. The Labute approximate surface area is 220 Å². The van der Waals surface area contributed by atoms with E-state index in [1.165, 1.54) is 12.3 Å². The van der Waals surface area contributed by atoms with Crippen LogP contribution < -0.4 is 15.8 Å². The standard InChI is InChI=1S/C26H26F4N6O3/c27-18-5-2-1-4-17(18)24(6-3-7-24)33-23(37)35-9-8-25(15-35)21-13-19(34-36(21)10-11-38-25)16-12-20(22(31)32-14-16)39-26(28,29)30/h1-2,4-5,12-14H,3,6-11,15H2,(H2,31,32)(H,33,37)/t25-/m1/s1. The zero-order chi connectivity index (χ0) is 27.4. The van der Waals surface area contributed by atoms with Gasteiger partial charge in [-0.15, -0.1) is 13.2 Å². The molecule has 2 aliphatic heterocycles. The Hall–Kier alpha value is -3.87. The molecule has 3 aliphatic rings. The summed E-state index contributed by atoms with van der Waals surface area (Å²) in [5, 5.41) is 7.65. The maximum Gasteiger partial charge on any atom is 0.573 e. The summed E-state index contributed by atoms with van der Waals surface area (Å²) in [6, 6.07) is 9.08. The number of likely N-dealkylation sites (tertiary alicyclic amines) is 1. The normalized spacial score (nSPS) is 21.9. The minimum absolute atomic E-state index is 0.250. The summed E-state index contributed by atoms with van der Waals surface area (Å²) in [7, 11) is 0. The van der Waals surface area contributed by atoms with E-state index in [0.717, 1.165) is 12.5 Å². The van der Waals surface area contributed by atoms with E-state index < -0.39 is 29.1 Å². The number of rotatable bonds is 4. The molecular weight excluding hydrogens is 520 g/mol. The summed E-state index contributed by atoms with van der Waals surface area (Å²) in [6.45, 7) is 1.45. The third-order valence-electron chi connectivity index (χ3n) is 7.79. The molecule has 1 aromatic carbocycles. The van der Waals surface area contributed by atoms with Crippen molar-refractivity contribution in [3.8, 4) is 17.0 Å². The van der Waals surface area contributed by atoms with Crippen LogP contribution in [0, 0.1) is 5.82 Å². The molecule has 1 saturated carbocycles. The first-order chi connectivity index (χ1) is 18.6. The van der Waals surface area contributed by atoms with E-state index >= 15 is 0 Å². The van der Waals surface area contributed by atoms with Crippen LogP contribution in [0.15, 0.2) is 42.6 Å². The van der Waals surface area contributed by atoms with Crippen molar-refractivity contribution in [2.24, 2.45) is 0 Å². The van der Waals surface area contributed by atoms with Crippen LogP contribution in [0.5, 0.6) is 5.75 Å². The maximum atomic E-state index is 14.6. The van der Waals surface area contributed by atoms with Gasteiger partial charge in [-0.3, -0.25) is 4.68 Å². The second-order valence-corrected chi connectivity index (χ2v) is 10.2. The number of alkyl halides is 3. The number of carbonyl (C=O) groups excluding carboxylic acids is 1. The molecule has 1 spiro atoms. The molecule has 0 unspecified atom stereocenters. The van der Waals surface area contributed by atoms with Gasteiger partial charge in [0, 0.05) is 30.3 Å². The Morgan fingerprint density at radius 2 is 1.95 bits per heavy atom. The SMILES string of the molecule is Nc1ncc(-c2cc3n(n2)CCO[C@@]32CCN(C(=O)NC3(c4ccccc4F)CCC3)C2)cc1OC(F)(F)F. The van der Waals surface area contributed by atoms with Gasteiger partial charge in [0.1, 0.15) is 11.4 Å². The number of fused-ring (bicyclic) bond motifs is 2. The summed E-state index contributed by atoms with van der Waals surface area (Å²) >= 11 is 0. The number of amides is 2. The van der Waals surface area contributed by atoms with Crippen molar-refractivity contribution in [2.75, 3.05) is 25.4 Å². The van der Waals surface area contributed by atoms with Gasteiger partial charge in [-0.1, -0.05) is 18.2 Å². The number of halogens is 4. The summed E-state index contributed by atoms with van der Waals surface area (Å²) in [4.78, 5) is 18.9. The van der Waals surface area contributed by atoms with Crippen LogP contribution in [0.2, 0.25) is 0 Å². The fourth-order valence-corrected chi connectivity index (χ4v) is 5.71. The molecule has 4 heterocycles. The highest BCUT2D eigenvalue weighted by Crippen LogP contribution is 2.44. The van der Waals surface area contributed by atoms with E-state index in [2.05, 4.69) is 20.1 Å². The molecule has 2 amide bonds. The fourth-order valence-electron chi connectivity index (χ4n) is 5.71. The smallest absolute Gasteiger partial charge is 0.402 e. The van der Waals surface area contributed by atoms with Crippen molar-refractivity contribution < 1.29 is 31.8 Å². The van der Waals surface area contributed by atoms with Crippen molar-refractivity contribution in [3.63, 3.8) is 0 Å². The first kappa shape index (κ1) is 25.4. The van der Waals surface area contributed by atoms with Crippen LogP contribution in [0.1, 0.15) is 36.9 Å². The number of pyridine rings is 1. The first-order valence-corrected chi connectivity index (χ1v) is 12.6. The lowest BCUT2D eigenvalue weighted by Gasteiger charge is -2.44. The molecule has 3 aromatic rings. The highest BCUT2D eigenvalue weighted by atomic mass is 19.4. The lowest BCUT2D eigenvalue weighted by atomic mass is 9.71. The number of aromatic nitrogens is 3. The predicted octanol–water partition coefficient (Wildman–Crippen LogP) is 4.29. The number of ether oxygens (including phenoxy) is 2. The molecule has 0 radical (unpaired) electrons. The minimum atomic E-state index is -4.92. The van der Waals surface area contributed by atoms with Crippen LogP contribution in [-0.4, -0.2) is 51.8 Å². The highest BCUT2D eigenvalue weighted by molar-refractivity contribution is 5.76. The second kappa shape index (κ2) is 9.11. The van der Waals surface area contributed by atoms with E-state index in [4.69, 9.17) is 10.5 Å². The Kier molecular flexibility index (Phi) is 5.93. The molecule has 2 fully saturated rings. The number of nitrogens with two attached hydrogens (primary N) is 1. The Balaban J connectivity index is 1.23. The second-order valence-electron chi connectivity index (χ2n) is 10.2. The lowest BCUT2D eigenvalue weighted by molar-refractivity contribution is -0.274. The summed E-state index contributed by atoms with van der Waals surface area (Å²) in [5.41, 5.74) is 5.87. The van der Waals surface area contributed by atoms with E-state index in [-0.39, 0.29) is 18.4 Å². The van der Waals surface area contributed by atoms with Gasteiger partial charge in [0.05, 0.1) is 36.6 Å². The molecule has 6 rings (SSSR count). The lowest BCUT2D eigenvalue weighted by Crippen LogP contribution is -2.55. The number of nitrogens with one attached hydrogen (secondary N) is 1. The maximum absolute atomic E-state index is 14.6. The fraction of sp³-hybridized carbons (Fsp3) is 0.423. The van der Waals surface area contributed by atoms with Crippen molar-refractivity contribution in [1.82, 2.24) is 25.0 Å². The van der Waals surface area contributed by atoms with E-state index in [9.17, 15) is 22.4 Å². The molecule has 2 aromatic heterocycles. The minimum Gasteiger partial charge on any atom is -0.402 e. The van der Waals surface area contributed by atoms with Crippen molar-refractivity contribution in [2.45, 2.75) is 49.7 Å². The average molecular weight is 547 g/mol. The number of nitrogens with zero attached hydrogens (tertiary/aromatic N) is 4. The third-order valence-corrected chi connectivity index (χ3v) is 7.79. The molecule has 1 atom stereocenters. The number of anilines is 1. The number of benzene rings is 1. The largest absolute Gasteiger partial charge is 0.573 e. The zero-order valence-electron chi connectivity index (χ0n) is 20.8. The molecule has 9 nitrogen and oxygen atoms in total. The number of hydrogen-bond donors (Lipinski definition) is 2. The molecular formula is C26H26F4N6O3. The van der Waals surface area contributed by atoms with Crippen molar-refractivity contribution in [1.29, 1.82) is 0 Å². The summed E-state index contributed by atoms with van der Waals surface area (Å²) in [5.74, 6) is -1.35. The van der Waals surface area contributed by atoms with Gasteiger partial charge in [0.2, 0.25) is 0 Å². The Morgan fingerprint density at radius 1 is 1.15 bits per heavy atom. The van der Waals surface area contributed by atoms with Gasteiger partial charge >= 0.3 is 12.4 Å². The number of carbonyl (C=O) groups is 1. The monoisotopic (exact) mass is 546 g/mol. The van der Waals surface area contributed by atoms with E-state index in [1.54, 1.807) is 33.8 Å². The Morgan fingerprint density at radius 3 is 2.67 bits per heavy atom. The summed E-state index contributed by atoms with van der Waals surface area (Å²) in [6.07, 6.45) is -0.893. The van der Waals surface area contributed by atoms with Crippen LogP contribution in [-0.2, 0) is 22.4 Å². The van der Waals surface area contributed by atoms with Crippen LogP contribution in [0.3, 0.4) is 0 Å². The van der Waals surface area contributed by atoms with E-state index in [0.29, 0.717) is 61.5 Å². The van der Waals surface area contributed by atoms with Gasteiger partial charge in [-0.25, -0.2) is 14.2 Å². The zero-order valence-corrected chi connectivity index (χ0v) is 20.8. The van der Waals surface area contributed by atoms with Crippen LogP contribution >= 0.6 is 0 Å². The van der Waals surface area contributed by atoms with Crippen molar-refractivity contribution >= 4 is 11.8 Å². The van der Waals surface area contributed by atoms with Crippen LogP contribution in [0.25, 0.3) is 11.3 Å². The molecule has 39 heavy (non-hydrogen) atoms. The third kappa shape index (κ3) is 4.54. The molecule has 0 bridgehead atoms. The Bertz CT molecular complexity index is 1420. The number of urea groups is 1. The van der Waals surface area contributed by atoms with Crippen LogP contribution in [0.4, 0.5) is 28.2 Å². The quantitative estimate of drug-likeness (QED) is 0.473. The van der Waals surface area contributed by atoms with Gasteiger partial charge in [-0.2, -0.15) is 5.10 Å². The average Bonchev–Trinajstić information content (AvgIpc) is 3.49. The molecule has 13 heteroatoms. The molecule has 1 aliphatic carbocycles. The van der Waals surface area contributed by atoms with E-state index in [1.807, 2.05) is 0 Å². The van der Waals surface area contributed by atoms with Gasteiger partial charge in [-0.05, 0) is 37.5 Å². The van der Waals surface area contributed by atoms with Gasteiger partial charge in [0.15, 0.2) is 11.6 Å².